The Morgan fingerprint density at radius 1 is 1.33 bits per heavy atom. The summed E-state index contributed by atoms with van der Waals surface area (Å²) >= 11 is 2.63. The van der Waals surface area contributed by atoms with Crippen molar-refractivity contribution >= 4 is 38.2 Å². The maximum Gasteiger partial charge on any atom is 0.243 e. The molecule has 0 amide bonds. The lowest BCUT2D eigenvalue weighted by molar-refractivity contribution is -0.109. The number of thioether (sulfide) groups is 1. The first-order valence-electron chi connectivity index (χ1n) is 8.66. The van der Waals surface area contributed by atoms with Gasteiger partial charge in [0.1, 0.15) is 10.8 Å². The number of ether oxygens (including phenoxy) is 1. The number of thiazole rings is 1. The lowest BCUT2D eigenvalue weighted by atomic mass is 10.0. The summed E-state index contributed by atoms with van der Waals surface area (Å²) in [6.45, 7) is 1.95. The quantitative estimate of drug-likeness (QED) is 0.701. The van der Waals surface area contributed by atoms with E-state index in [1.807, 2.05) is 5.38 Å². The van der Waals surface area contributed by atoms with Gasteiger partial charge in [-0.25, -0.2) is 13.4 Å². The average molecular weight is 427 g/mol. The molecular formula is C18H22N2O4S3. The topological polar surface area (TPSA) is 76.6 Å². The number of rotatable bonds is 6. The minimum absolute atomic E-state index is 0.0393. The SMILES string of the molecule is COc1ccc(S(=O)(=O)N2CCCCC2C(SC(C)=O)c2nccs2)cc1. The standard InChI is InChI=1S/C18H22N2O4S3/c1-13(21)26-17(18-19-10-12-25-18)16-5-3-4-11-20(16)27(22,23)15-8-6-14(24-2)7-9-15/h6-10,12,16-17H,3-5,11H2,1-2H3. The van der Waals surface area contributed by atoms with Crippen LogP contribution in [0.3, 0.4) is 0 Å². The van der Waals surface area contributed by atoms with E-state index in [-0.39, 0.29) is 21.3 Å². The molecule has 2 unspecified atom stereocenters. The molecule has 1 fully saturated rings. The molecule has 0 radical (unpaired) electrons. The van der Waals surface area contributed by atoms with Crippen LogP contribution in [0.5, 0.6) is 5.75 Å². The molecule has 27 heavy (non-hydrogen) atoms. The van der Waals surface area contributed by atoms with Crippen LogP contribution in [-0.4, -0.2) is 42.5 Å². The molecule has 0 N–H and O–H groups in total. The Balaban J connectivity index is 1.96. The van der Waals surface area contributed by atoms with Crippen molar-refractivity contribution in [2.75, 3.05) is 13.7 Å². The van der Waals surface area contributed by atoms with E-state index in [0.717, 1.165) is 17.8 Å². The highest BCUT2D eigenvalue weighted by Crippen LogP contribution is 2.41. The number of piperidine rings is 1. The summed E-state index contributed by atoms with van der Waals surface area (Å²) in [6.07, 6.45) is 4.14. The third kappa shape index (κ3) is 4.53. The Bertz CT molecular complexity index is 867. The first kappa shape index (κ1) is 20.3. The third-order valence-electron chi connectivity index (χ3n) is 4.50. The summed E-state index contributed by atoms with van der Waals surface area (Å²) in [7, 11) is -2.13. The first-order valence-corrected chi connectivity index (χ1v) is 11.9. The van der Waals surface area contributed by atoms with Gasteiger partial charge in [-0.2, -0.15) is 4.31 Å². The monoisotopic (exact) mass is 426 g/mol. The maximum atomic E-state index is 13.3. The van der Waals surface area contributed by atoms with Gasteiger partial charge in [-0.1, -0.05) is 18.2 Å². The van der Waals surface area contributed by atoms with Crippen molar-refractivity contribution in [3.8, 4) is 5.75 Å². The molecule has 1 aromatic heterocycles. The molecule has 146 valence electrons. The van der Waals surface area contributed by atoms with Crippen molar-refractivity contribution in [2.45, 2.75) is 42.4 Å². The van der Waals surface area contributed by atoms with Gasteiger partial charge in [0.2, 0.25) is 10.0 Å². The van der Waals surface area contributed by atoms with Crippen LogP contribution in [0.2, 0.25) is 0 Å². The number of carbonyl (C=O) groups is 1. The minimum atomic E-state index is -3.68. The number of nitrogens with zero attached hydrogens (tertiary/aromatic N) is 2. The summed E-state index contributed by atoms with van der Waals surface area (Å²) in [5.74, 6) is 0.608. The smallest absolute Gasteiger partial charge is 0.243 e. The maximum absolute atomic E-state index is 13.3. The number of aromatic nitrogens is 1. The van der Waals surface area contributed by atoms with Crippen LogP contribution in [0, 0.1) is 0 Å². The number of sulfonamides is 1. The second kappa shape index (κ2) is 8.72. The van der Waals surface area contributed by atoms with Crippen LogP contribution >= 0.6 is 23.1 Å². The van der Waals surface area contributed by atoms with Gasteiger partial charge >= 0.3 is 0 Å². The number of hydrogen-bond acceptors (Lipinski definition) is 7. The molecule has 0 aliphatic carbocycles. The zero-order chi connectivity index (χ0) is 19.4. The second-order valence-electron chi connectivity index (χ2n) is 6.25. The van der Waals surface area contributed by atoms with E-state index in [1.165, 1.54) is 30.0 Å². The van der Waals surface area contributed by atoms with Gasteiger partial charge in [-0.05, 0) is 37.1 Å². The molecular weight excluding hydrogens is 404 g/mol. The highest BCUT2D eigenvalue weighted by atomic mass is 32.2. The zero-order valence-corrected chi connectivity index (χ0v) is 17.6. The van der Waals surface area contributed by atoms with Crippen LogP contribution in [-0.2, 0) is 14.8 Å². The van der Waals surface area contributed by atoms with Crippen molar-refractivity contribution in [3.05, 3.63) is 40.8 Å². The Kier molecular flexibility index (Phi) is 6.56. The summed E-state index contributed by atoms with van der Waals surface area (Å²) in [5, 5.41) is 2.31. The molecule has 1 aromatic carbocycles. The fourth-order valence-corrected chi connectivity index (χ4v) is 6.99. The van der Waals surface area contributed by atoms with Gasteiger partial charge in [0, 0.05) is 31.1 Å². The highest BCUT2D eigenvalue weighted by Gasteiger charge is 2.40. The van der Waals surface area contributed by atoms with E-state index < -0.39 is 10.0 Å². The average Bonchev–Trinajstić information content (AvgIpc) is 3.20. The van der Waals surface area contributed by atoms with Gasteiger partial charge in [-0.3, -0.25) is 4.79 Å². The highest BCUT2D eigenvalue weighted by molar-refractivity contribution is 8.13. The summed E-state index contributed by atoms with van der Waals surface area (Å²) < 4.78 is 33.3. The zero-order valence-electron chi connectivity index (χ0n) is 15.2. The van der Waals surface area contributed by atoms with E-state index >= 15 is 0 Å². The van der Waals surface area contributed by atoms with Crippen molar-refractivity contribution in [2.24, 2.45) is 0 Å². The number of carbonyl (C=O) groups excluding carboxylic acids is 1. The van der Waals surface area contributed by atoms with Crippen molar-refractivity contribution in [1.29, 1.82) is 0 Å². The fraction of sp³-hybridized carbons (Fsp3) is 0.444. The van der Waals surface area contributed by atoms with Gasteiger partial charge in [-0.15, -0.1) is 11.3 Å². The molecule has 0 spiro atoms. The summed E-state index contributed by atoms with van der Waals surface area (Å²) in [6, 6.07) is 6.13. The van der Waals surface area contributed by atoms with Gasteiger partial charge in [0.25, 0.3) is 0 Å². The fourth-order valence-electron chi connectivity index (χ4n) is 3.26. The summed E-state index contributed by atoms with van der Waals surface area (Å²) in [4.78, 5) is 16.4. The number of hydrogen-bond donors (Lipinski definition) is 0. The van der Waals surface area contributed by atoms with Crippen LogP contribution < -0.4 is 4.74 Å². The lowest BCUT2D eigenvalue weighted by Gasteiger charge is -2.38. The van der Waals surface area contributed by atoms with Gasteiger partial charge in [0.15, 0.2) is 5.12 Å². The Morgan fingerprint density at radius 3 is 2.67 bits per heavy atom. The molecule has 2 aromatic rings. The van der Waals surface area contributed by atoms with E-state index in [1.54, 1.807) is 41.9 Å². The van der Waals surface area contributed by atoms with Crippen LogP contribution in [0.15, 0.2) is 40.7 Å². The van der Waals surface area contributed by atoms with E-state index in [2.05, 4.69) is 4.98 Å². The first-order chi connectivity index (χ1) is 12.9. The molecule has 6 nitrogen and oxygen atoms in total. The predicted molar refractivity (Wildman–Crippen MR) is 108 cm³/mol. The second-order valence-corrected chi connectivity index (χ2v) is 10.4. The summed E-state index contributed by atoms with van der Waals surface area (Å²) in [5.41, 5.74) is 0. The van der Waals surface area contributed by atoms with E-state index in [4.69, 9.17) is 4.74 Å². The van der Waals surface area contributed by atoms with Crippen LogP contribution in [0.4, 0.5) is 0 Å². The normalized spacial score (nSPS) is 19.6. The Hall–Kier alpha value is -1.42. The molecule has 0 bridgehead atoms. The molecule has 2 heterocycles. The van der Waals surface area contributed by atoms with Crippen molar-refractivity contribution in [1.82, 2.24) is 9.29 Å². The number of methoxy groups -OCH3 is 1. The Morgan fingerprint density at radius 2 is 2.07 bits per heavy atom. The van der Waals surface area contributed by atoms with Gasteiger partial charge in [0.05, 0.1) is 17.3 Å². The minimum Gasteiger partial charge on any atom is -0.497 e. The van der Waals surface area contributed by atoms with Crippen molar-refractivity contribution < 1.29 is 17.9 Å². The van der Waals surface area contributed by atoms with Crippen molar-refractivity contribution in [3.63, 3.8) is 0 Å². The van der Waals surface area contributed by atoms with E-state index in [9.17, 15) is 13.2 Å². The molecule has 2 atom stereocenters. The third-order valence-corrected chi connectivity index (χ3v) is 8.57. The molecule has 1 saturated heterocycles. The van der Waals surface area contributed by atoms with Gasteiger partial charge < -0.3 is 4.74 Å². The Labute approximate surface area is 168 Å². The predicted octanol–water partition coefficient (Wildman–Crippen LogP) is 3.72. The van der Waals surface area contributed by atoms with E-state index in [0.29, 0.717) is 18.7 Å². The number of benzene rings is 1. The molecule has 1 aliphatic heterocycles. The molecule has 0 saturated carbocycles. The molecule has 3 rings (SSSR count). The van der Waals surface area contributed by atoms with Crippen LogP contribution in [0.25, 0.3) is 0 Å². The largest absolute Gasteiger partial charge is 0.497 e. The van der Waals surface area contributed by atoms with Crippen LogP contribution in [0.1, 0.15) is 36.4 Å². The molecule has 9 heteroatoms. The molecule has 1 aliphatic rings. The lowest BCUT2D eigenvalue weighted by Crippen LogP contribution is -2.46.